The Morgan fingerprint density at radius 2 is 1.23 bits per heavy atom. The van der Waals surface area contributed by atoms with Gasteiger partial charge in [0.05, 0.1) is 6.20 Å². The van der Waals surface area contributed by atoms with E-state index in [1.165, 1.54) is 0 Å². The van der Waals surface area contributed by atoms with Crippen LogP contribution in [-0.2, 0) is 0 Å². The van der Waals surface area contributed by atoms with Gasteiger partial charge in [-0.2, -0.15) is 0 Å². The zero-order chi connectivity index (χ0) is 20.2. The van der Waals surface area contributed by atoms with E-state index < -0.39 is 0 Å². The summed E-state index contributed by atoms with van der Waals surface area (Å²) in [6, 6.07) is 27.6. The van der Waals surface area contributed by atoms with Gasteiger partial charge in [0.25, 0.3) is 0 Å². The molecule has 0 bridgehead atoms. The van der Waals surface area contributed by atoms with Crippen LogP contribution in [0, 0.1) is 0 Å². The quantitative estimate of drug-likeness (QED) is 0.355. The number of nitrogens with zero attached hydrogens (tertiary/aromatic N) is 3. The van der Waals surface area contributed by atoms with E-state index in [0.29, 0.717) is 23.4 Å². The zero-order valence-corrected chi connectivity index (χ0v) is 16.0. The smallest absolute Gasteiger partial charge is 0.248 e. The average molecular weight is 391 g/mol. The van der Waals surface area contributed by atoms with Gasteiger partial charge < -0.3 is 8.83 Å². The fourth-order valence-electron chi connectivity index (χ4n) is 3.05. The minimum atomic E-state index is 0.459. The minimum Gasteiger partial charge on any atom is -0.436 e. The Hall–Kier alpha value is -4.25. The van der Waals surface area contributed by atoms with E-state index in [9.17, 15) is 0 Å². The first-order valence-electron chi connectivity index (χ1n) is 9.54. The summed E-state index contributed by atoms with van der Waals surface area (Å²) in [5.74, 6) is 2.23. The lowest BCUT2D eigenvalue weighted by molar-refractivity contribution is 0.558. The number of benzene rings is 3. The molecule has 5 rings (SSSR count). The Morgan fingerprint density at radius 3 is 2.00 bits per heavy atom. The molecule has 0 aliphatic rings. The molecule has 0 fully saturated rings. The van der Waals surface area contributed by atoms with Crippen LogP contribution in [0.15, 0.2) is 100.0 Å². The first-order valence-corrected chi connectivity index (χ1v) is 9.54. The number of hydrogen-bond donors (Lipinski definition) is 0. The molecule has 3 aromatic carbocycles. The highest BCUT2D eigenvalue weighted by molar-refractivity contribution is 5.67. The van der Waals surface area contributed by atoms with Crippen LogP contribution in [0.2, 0.25) is 0 Å². The molecule has 0 N–H and O–H groups in total. The van der Waals surface area contributed by atoms with Gasteiger partial charge in [-0.1, -0.05) is 60.7 Å². The number of aromatic nitrogens is 3. The number of oxazole rings is 1. The Balaban J connectivity index is 1.33. The van der Waals surface area contributed by atoms with E-state index in [1.807, 2.05) is 91.0 Å². The normalized spacial score (nSPS) is 11.2. The SMILES string of the molecule is C(=C\c1nnc(-c2ccc(-c3cnc(-c4ccccc4)o3)cc2)o1)/c1ccccc1. The van der Waals surface area contributed by atoms with Crippen molar-refractivity contribution in [1.82, 2.24) is 15.2 Å². The van der Waals surface area contributed by atoms with Crippen molar-refractivity contribution in [2.24, 2.45) is 0 Å². The highest BCUT2D eigenvalue weighted by Gasteiger charge is 2.10. The van der Waals surface area contributed by atoms with Crippen molar-refractivity contribution >= 4 is 12.2 Å². The van der Waals surface area contributed by atoms with E-state index >= 15 is 0 Å². The summed E-state index contributed by atoms with van der Waals surface area (Å²) < 4.78 is 11.7. The summed E-state index contributed by atoms with van der Waals surface area (Å²) in [6.07, 6.45) is 5.48. The molecule has 5 aromatic rings. The van der Waals surface area contributed by atoms with E-state index in [1.54, 1.807) is 12.3 Å². The molecule has 0 amide bonds. The lowest BCUT2D eigenvalue weighted by Gasteiger charge is -1.98. The van der Waals surface area contributed by atoms with Gasteiger partial charge in [-0.05, 0) is 35.9 Å². The topological polar surface area (TPSA) is 65.0 Å². The Bertz CT molecular complexity index is 1270. The maximum absolute atomic E-state index is 5.91. The second-order valence-electron chi connectivity index (χ2n) is 6.66. The van der Waals surface area contributed by atoms with Gasteiger partial charge in [0.2, 0.25) is 17.7 Å². The van der Waals surface area contributed by atoms with Crippen molar-refractivity contribution in [2.45, 2.75) is 0 Å². The monoisotopic (exact) mass is 391 g/mol. The van der Waals surface area contributed by atoms with Crippen molar-refractivity contribution in [3.8, 4) is 34.2 Å². The first-order chi connectivity index (χ1) is 14.8. The highest BCUT2D eigenvalue weighted by atomic mass is 16.4. The molecular formula is C25H17N3O2. The maximum Gasteiger partial charge on any atom is 0.248 e. The molecule has 144 valence electrons. The molecule has 5 heteroatoms. The minimum absolute atomic E-state index is 0.459. The third-order valence-electron chi connectivity index (χ3n) is 4.60. The molecule has 30 heavy (non-hydrogen) atoms. The molecule has 0 unspecified atom stereocenters. The van der Waals surface area contributed by atoms with Crippen LogP contribution in [0.25, 0.3) is 46.4 Å². The third kappa shape index (κ3) is 3.82. The van der Waals surface area contributed by atoms with Gasteiger partial charge in [-0.15, -0.1) is 10.2 Å². The standard InChI is InChI=1S/C25H17N3O2/c1-3-7-18(8-4-1)11-16-23-27-28-25(30-23)21-14-12-19(13-15-21)22-17-26-24(29-22)20-9-5-2-6-10-20/h1-17H/b16-11+. The molecule has 0 aliphatic heterocycles. The molecule has 0 saturated carbocycles. The highest BCUT2D eigenvalue weighted by Crippen LogP contribution is 2.28. The first kappa shape index (κ1) is 17.8. The van der Waals surface area contributed by atoms with Crippen molar-refractivity contribution in [1.29, 1.82) is 0 Å². The van der Waals surface area contributed by atoms with Crippen LogP contribution in [0.4, 0.5) is 0 Å². The second kappa shape index (κ2) is 8.01. The summed E-state index contributed by atoms with van der Waals surface area (Å²) in [5, 5.41) is 8.23. The molecule has 2 aromatic heterocycles. The zero-order valence-electron chi connectivity index (χ0n) is 16.0. The fraction of sp³-hybridized carbons (Fsp3) is 0. The van der Waals surface area contributed by atoms with Crippen molar-refractivity contribution in [3.05, 3.63) is 103 Å². The maximum atomic E-state index is 5.91. The Kier molecular flexibility index (Phi) is 4.76. The Labute approximate surface area is 173 Å². The molecular weight excluding hydrogens is 374 g/mol. The average Bonchev–Trinajstić information content (AvgIpc) is 3.49. The predicted molar refractivity (Wildman–Crippen MR) is 116 cm³/mol. The van der Waals surface area contributed by atoms with E-state index in [-0.39, 0.29) is 0 Å². The fourth-order valence-corrected chi connectivity index (χ4v) is 3.05. The summed E-state index contributed by atoms with van der Waals surface area (Å²) in [4.78, 5) is 4.38. The summed E-state index contributed by atoms with van der Waals surface area (Å²) >= 11 is 0. The van der Waals surface area contributed by atoms with Crippen LogP contribution in [0.1, 0.15) is 11.5 Å². The molecule has 5 nitrogen and oxygen atoms in total. The van der Waals surface area contributed by atoms with Crippen molar-refractivity contribution in [3.63, 3.8) is 0 Å². The molecule has 0 atom stereocenters. The Morgan fingerprint density at radius 1 is 0.567 bits per heavy atom. The van der Waals surface area contributed by atoms with Crippen LogP contribution >= 0.6 is 0 Å². The molecule has 0 saturated heterocycles. The summed E-state index contributed by atoms with van der Waals surface area (Å²) in [7, 11) is 0. The predicted octanol–water partition coefficient (Wildman–Crippen LogP) is 6.23. The van der Waals surface area contributed by atoms with Gasteiger partial charge in [0.1, 0.15) is 0 Å². The van der Waals surface area contributed by atoms with E-state index in [0.717, 1.165) is 22.3 Å². The largest absolute Gasteiger partial charge is 0.436 e. The van der Waals surface area contributed by atoms with Crippen molar-refractivity contribution < 1.29 is 8.83 Å². The van der Waals surface area contributed by atoms with E-state index in [4.69, 9.17) is 8.83 Å². The molecule has 2 heterocycles. The lowest BCUT2D eigenvalue weighted by atomic mass is 10.1. The lowest BCUT2D eigenvalue weighted by Crippen LogP contribution is -1.79. The van der Waals surface area contributed by atoms with Crippen LogP contribution in [-0.4, -0.2) is 15.2 Å². The van der Waals surface area contributed by atoms with Gasteiger partial charge in [-0.25, -0.2) is 4.98 Å². The van der Waals surface area contributed by atoms with E-state index in [2.05, 4.69) is 15.2 Å². The van der Waals surface area contributed by atoms with Gasteiger partial charge in [-0.3, -0.25) is 0 Å². The number of rotatable bonds is 5. The van der Waals surface area contributed by atoms with Crippen molar-refractivity contribution in [2.75, 3.05) is 0 Å². The molecule has 0 spiro atoms. The number of hydrogen-bond acceptors (Lipinski definition) is 5. The van der Waals surface area contributed by atoms with Gasteiger partial charge in [0.15, 0.2) is 5.76 Å². The van der Waals surface area contributed by atoms with Crippen LogP contribution in [0.5, 0.6) is 0 Å². The summed E-state index contributed by atoms with van der Waals surface area (Å²) in [6.45, 7) is 0. The van der Waals surface area contributed by atoms with Crippen LogP contribution < -0.4 is 0 Å². The van der Waals surface area contributed by atoms with Gasteiger partial charge >= 0.3 is 0 Å². The van der Waals surface area contributed by atoms with Gasteiger partial charge in [0, 0.05) is 22.8 Å². The third-order valence-corrected chi connectivity index (χ3v) is 4.60. The second-order valence-corrected chi connectivity index (χ2v) is 6.66. The molecule has 0 aliphatic carbocycles. The molecule has 0 radical (unpaired) electrons. The summed E-state index contributed by atoms with van der Waals surface area (Å²) in [5.41, 5.74) is 3.79. The van der Waals surface area contributed by atoms with Crippen LogP contribution in [0.3, 0.4) is 0 Å².